The summed E-state index contributed by atoms with van der Waals surface area (Å²) in [7, 11) is 0. The monoisotopic (exact) mass is 750 g/mol. The van der Waals surface area contributed by atoms with E-state index in [2.05, 4.69) is 26.0 Å². The van der Waals surface area contributed by atoms with E-state index in [1.54, 1.807) is 12.1 Å². The van der Waals surface area contributed by atoms with E-state index in [0.717, 1.165) is 33.8 Å². The average molecular weight is 751 g/mol. The van der Waals surface area contributed by atoms with Crippen LogP contribution in [0.15, 0.2) is 152 Å². The summed E-state index contributed by atoms with van der Waals surface area (Å²) < 4.78 is 33.7. The molecular formula is C45H50O6S2. The number of thioether (sulfide) groups is 2. The minimum absolute atomic E-state index is 0.00646. The third-order valence-electron chi connectivity index (χ3n) is 8.46. The number of carbonyl (C=O) groups excluding carboxylic acids is 1. The molecule has 5 rings (SSSR count). The predicted octanol–water partition coefficient (Wildman–Crippen LogP) is 10.0. The van der Waals surface area contributed by atoms with Gasteiger partial charge in [-0.05, 0) is 45.9 Å². The molecule has 0 spiro atoms. The second-order valence-corrected chi connectivity index (χ2v) is 15.5. The highest BCUT2D eigenvalue weighted by molar-refractivity contribution is 8.17. The summed E-state index contributed by atoms with van der Waals surface area (Å²) in [5, 5.41) is 0. The van der Waals surface area contributed by atoms with E-state index < -0.39 is 30.4 Å². The van der Waals surface area contributed by atoms with E-state index in [0.29, 0.717) is 25.4 Å². The third-order valence-corrected chi connectivity index (χ3v) is 11.1. The zero-order chi connectivity index (χ0) is 36.9. The first-order valence-electron chi connectivity index (χ1n) is 18.2. The maximum atomic E-state index is 13.9. The van der Waals surface area contributed by atoms with Crippen LogP contribution >= 0.6 is 23.5 Å². The summed E-state index contributed by atoms with van der Waals surface area (Å²) in [6.07, 6.45) is -2.75. The van der Waals surface area contributed by atoms with Crippen molar-refractivity contribution in [1.82, 2.24) is 0 Å². The summed E-state index contributed by atoms with van der Waals surface area (Å²) in [6.45, 7) is 5.71. The van der Waals surface area contributed by atoms with Gasteiger partial charge in [-0.25, -0.2) is 4.79 Å². The van der Waals surface area contributed by atoms with Crippen LogP contribution in [0.25, 0.3) is 0 Å². The van der Waals surface area contributed by atoms with Gasteiger partial charge < -0.3 is 23.7 Å². The van der Waals surface area contributed by atoms with Gasteiger partial charge in [0.1, 0.15) is 18.3 Å². The molecule has 53 heavy (non-hydrogen) atoms. The Hall–Kier alpha value is -3.89. The van der Waals surface area contributed by atoms with Crippen LogP contribution in [0, 0.1) is 0 Å². The summed E-state index contributed by atoms with van der Waals surface area (Å²) in [5.74, 6) is 1.31. The molecule has 0 aromatic heterocycles. The highest BCUT2D eigenvalue weighted by Gasteiger charge is 2.43. The van der Waals surface area contributed by atoms with Gasteiger partial charge in [0.15, 0.2) is 6.10 Å². The lowest BCUT2D eigenvalue weighted by molar-refractivity contribution is -0.185. The van der Waals surface area contributed by atoms with Gasteiger partial charge in [-0.15, -0.1) is 23.5 Å². The standard InChI is InChI=1S/C45H50O6S2/c1-3-52-45(53-4-2)43(50-33-38-26-16-8-17-27-38)42(49-32-37-24-14-7-15-25-37)41(48-31-36-22-12-6-13-23-36)40(34-47-30-35-20-10-5-11-21-35)51-44(46)39-28-18-9-19-29-39/h5-29,40-43,45H,3-4,30-34H2,1-2H3/t40-,41-,42-,43+/m0/s1. The van der Waals surface area contributed by atoms with E-state index in [-0.39, 0.29) is 17.8 Å². The Bertz CT molecular complexity index is 1690. The van der Waals surface area contributed by atoms with Gasteiger partial charge in [-0.3, -0.25) is 0 Å². The molecule has 0 saturated carbocycles. The molecule has 0 N–H and O–H groups in total. The Morgan fingerprint density at radius 2 is 0.868 bits per heavy atom. The number of hydrogen-bond donors (Lipinski definition) is 0. The van der Waals surface area contributed by atoms with Gasteiger partial charge in [0.25, 0.3) is 0 Å². The summed E-state index contributed by atoms with van der Waals surface area (Å²) in [6, 6.07) is 49.3. The molecule has 6 nitrogen and oxygen atoms in total. The number of rotatable bonds is 23. The van der Waals surface area contributed by atoms with Gasteiger partial charge in [-0.2, -0.15) is 0 Å². The van der Waals surface area contributed by atoms with E-state index in [4.69, 9.17) is 23.7 Å². The minimum Gasteiger partial charge on any atom is -0.453 e. The Balaban J connectivity index is 1.57. The maximum Gasteiger partial charge on any atom is 0.338 e. The van der Waals surface area contributed by atoms with Crippen molar-refractivity contribution in [1.29, 1.82) is 0 Å². The summed E-state index contributed by atoms with van der Waals surface area (Å²) >= 11 is 3.65. The molecule has 0 radical (unpaired) electrons. The Labute approximate surface area is 323 Å². The van der Waals surface area contributed by atoms with Gasteiger partial charge >= 0.3 is 5.97 Å². The molecule has 0 aliphatic heterocycles. The van der Waals surface area contributed by atoms with Crippen molar-refractivity contribution in [2.75, 3.05) is 18.1 Å². The molecule has 0 saturated heterocycles. The van der Waals surface area contributed by atoms with Crippen molar-refractivity contribution in [2.45, 2.75) is 69.3 Å². The first-order valence-corrected chi connectivity index (χ1v) is 20.3. The van der Waals surface area contributed by atoms with Crippen molar-refractivity contribution >= 4 is 29.5 Å². The Morgan fingerprint density at radius 1 is 0.491 bits per heavy atom. The molecule has 5 aromatic rings. The SMILES string of the molecule is CCSC(SCC)[C@H](OCc1ccccc1)[C@@H](OCc1ccccc1)[C@@H](OCc1ccccc1)[C@H](COCc1ccccc1)OC(=O)c1ccccc1. The second-order valence-electron chi connectivity index (χ2n) is 12.4. The fourth-order valence-electron chi connectivity index (χ4n) is 5.83. The molecule has 278 valence electrons. The maximum absolute atomic E-state index is 13.9. The van der Waals surface area contributed by atoms with Crippen molar-refractivity contribution in [2.24, 2.45) is 0 Å². The lowest BCUT2D eigenvalue weighted by atomic mass is 10.0. The Morgan fingerprint density at radius 3 is 1.30 bits per heavy atom. The fourth-order valence-corrected chi connectivity index (χ4v) is 8.53. The van der Waals surface area contributed by atoms with Gasteiger partial charge in [0.05, 0.1) is 43.2 Å². The van der Waals surface area contributed by atoms with Crippen LogP contribution in [0.2, 0.25) is 0 Å². The van der Waals surface area contributed by atoms with Crippen molar-refractivity contribution < 1.29 is 28.5 Å². The van der Waals surface area contributed by atoms with Crippen LogP contribution in [-0.2, 0) is 50.1 Å². The molecule has 0 fully saturated rings. The largest absolute Gasteiger partial charge is 0.453 e. The molecule has 0 amide bonds. The number of esters is 1. The number of carbonyl (C=O) groups is 1. The summed E-state index contributed by atoms with van der Waals surface area (Å²) in [5.41, 5.74) is 4.52. The lowest BCUT2D eigenvalue weighted by Crippen LogP contribution is -2.53. The van der Waals surface area contributed by atoms with Crippen LogP contribution in [0.1, 0.15) is 46.5 Å². The summed E-state index contributed by atoms with van der Waals surface area (Å²) in [4.78, 5) is 13.9. The molecular weight excluding hydrogens is 701 g/mol. The van der Waals surface area contributed by atoms with E-state index in [9.17, 15) is 4.79 Å². The van der Waals surface area contributed by atoms with E-state index >= 15 is 0 Å². The molecule has 0 heterocycles. The fraction of sp³-hybridized carbons (Fsp3) is 0.311. The lowest BCUT2D eigenvalue weighted by Gasteiger charge is -2.40. The molecule has 5 aromatic carbocycles. The van der Waals surface area contributed by atoms with Crippen LogP contribution in [0.4, 0.5) is 0 Å². The normalized spacial score (nSPS) is 13.6. The first-order chi connectivity index (χ1) is 26.1. The minimum atomic E-state index is -0.849. The first kappa shape index (κ1) is 40.3. The smallest absolute Gasteiger partial charge is 0.338 e. The Kier molecular flexibility index (Phi) is 17.5. The second kappa shape index (κ2) is 23.0. The van der Waals surface area contributed by atoms with Crippen LogP contribution in [0.5, 0.6) is 0 Å². The molecule has 4 atom stereocenters. The van der Waals surface area contributed by atoms with Crippen LogP contribution in [-0.4, -0.2) is 53.1 Å². The molecule has 0 aliphatic carbocycles. The molecule has 0 aliphatic rings. The number of hydrogen-bond acceptors (Lipinski definition) is 8. The number of benzene rings is 5. The van der Waals surface area contributed by atoms with E-state index in [1.807, 2.05) is 151 Å². The van der Waals surface area contributed by atoms with Crippen LogP contribution in [0.3, 0.4) is 0 Å². The van der Waals surface area contributed by atoms with Gasteiger partial charge in [0.2, 0.25) is 0 Å². The van der Waals surface area contributed by atoms with Crippen molar-refractivity contribution in [3.63, 3.8) is 0 Å². The zero-order valence-electron chi connectivity index (χ0n) is 30.5. The molecule has 0 bridgehead atoms. The van der Waals surface area contributed by atoms with E-state index in [1.165, 1.54) is 0 Å². The number of ether oxygens (including phenoxy) is 5. The zero-order valence-corrected chi connectivity index (χ0v) is 32.2. The quantitative estimate of drug-likeness (QED) is 0.0483. The van der Waals surface area contributed by atoms with Gasteiger partial charge in [-0.1, -0.05) is 153 Å². The predicted molar refractivity (Wildman–Crippen MR) is 217 cm³/mol. The highest BCUT2D eigenvalue weighted by atomic mass is 32.2. The van der Waals surface area contributed by atoms with Crippen molar-refractivity contribution in [3.8, 4) is 0 Å². The topological polar surface area (TPSA) is 63.2 Å². The molecule has 0 unspecified atom stereocenters. The highest BCUT2D eigenvalue weighted by Crippen LogP contribution is 2.35. The van der Waals surface area contributed by atoms with Crippen LogP contribution < -0.4 is 0 Å². The van der Waals surface area contributed by atoms with Crippen molar-refractivity contribution in [3.05, 3.63) is 179 Å². The average Bonchev–Trinajstić information content (AvgIpc) is 3.21. The van der Waals surface area contributed by atoms with Gasteiger partial charge in [0, 0.05) is 0 Å². The third kappa shape index (κ3) is 13.5. The molecule has 8 heteroatoms.